The fourth-order valence-electron chi connectivity index (χ4n) is 2.11. The van der Waals surface area contributed by atoms with Gasteiger partial charge in [-0.25, -0.2) is 5.43 Å². The van der Waals surface area contributed by atoms with E-state index in [1.165, 1.54) is 19.4 Å². The van der Waals surface area contributed by atoms with Gasteiger partial charge in [0.2, 0.25) is 5.91 Å². The number of amides is 1. The van der Waals surface area contributed by atoms with Gasteiger partial charge in [-0.15, -0.1) is 0 Å². The Bertz CT molecular complexity index is 496. The summed E-state index contributed by atoms with van der Waals surface area (Å²) in [5.41, 5.74) is 3.28. The third kappa shape index (κ3) is 3.71. The SMILES string of the molecule is COc1cc(/C=N\NC(=O)[C@@H]2CCCNC2)ccc1O. The van der Waals surface area contributed by atoms with E-state index in [0.29, 0.717) is 12.3 Å². The zero-order valence-corrected chi connectivity index (χ0v) is 11.4. The number of phenolic OH excluding ortho intramolecular Hbond substituents is 1. The highest BCUT2D eigenvalue weighted by Gasteiger charge is 2.20. The summed E-state index contributed by atoms with van der Waals surface area (Å²) >= 11 is 0. The first-order chi connectivity index (χ1) is 9.70. The maximum Gasteiger partial charge on any atom is 0.244 e. The molecule has 1 fully saturated rings. The van der Waals surface area contributed by atoms with Gasteiger partial charge >= 0.3 is 0 Å². The summed E-state index contributed by atoms with van der Waals surface area (Å²) in [7, 11) is 1.48. The highest BCUT2D eigenvalue weighted by atomic mass is 16.5. The fourth-order valence-corrected chi connectivity index (χ4v) is 2.11. The lowest BCUT2D eigenvalue weighted by Crippen LogP contribution is -2.38. The molecular formula is C14H19N3O3. The van der Waals surface area contributed by atoms with Crippen molar-refractivity contribution in [2.24, 2.45) is 11.0 Å². The number of phenols is 1. The first-order valence-electron chi connectivity index (χ1n) is 6.61. The second kappa shape index (κ2) is 6.91. The van der Waals surface area contributed by atoms with E-state index in [4.69, 9.17) is 4.74 Å². The molecule has 0 saturated carbocycles. The highest BCUT2D eigenvalue weighted by Crippen LogP contribution is 2.25. The number of carbonyl (C=O) groups excluding carboxylic acids is 1. The fraction of sp³-hybridized carbons (Fsp3) is 0.429. The van der Waals surface area contributed by atoms with E-state index in [-0.39, 0.29) is 17.6 Å². The molecule has 1 saturated heterocycles. The van der Waals surface area contributed by atoms with E-state index < -0.39 is 0 Å². The van der Waals surface area contributed by atoms with Gasteiger partial charge in [-0.05, 0) is 43.1 Å². The van der Waals surface area contributed by atoms with Crippen molar-refractivity contribution in [3.05, 3.63) is 23.8 Å². The minimum absolute atomic E-state index is 0.0183. The van der Waals surface area contributed by atoms with Crippen LogP contribution in [0.25, 0.3) is 0 Å². The van der Waals surface area contributed by atoms with Gasteiger partial charge in [-0.2, -0.15) is 5.10 Å². The molecule has 6 nitrogen and oxygen atoms in total. The second-order valence-electron chi connectivity index (χ2n) is 4.71. The molecule has 1 atom stereocenters. The van der Waals surface area contributed by atoms with Crippen LogP contribution in [0, 0.1) is 5.92 Å². The van der Waals surface area contributed by atoms with Crippen LogP contribution in [0.5, 0.6) is 11.5 Å². The van der Waals surface area contributed by atoms with E-state index in [9.17, 15) is 9.90 Å². The van der Waals surface area contributed by atoms with Gasteiger partial charge in [-0.1, -0.05) is 0 Å². The van der Waals surface area contributed by atoms with Crippen LogP contribution in [0.2, 0.25) is 0 Å². The van der Waals surface area contributed by atoms with E-state index in [0.717, 1.165) is 24.9 Å². The van der Waals surface area contributed by atoms with Crippen LogP contribution in [0.1, 0.15) is 18.4 Å². The standard InChI is InChI=1S/C14H19N3O3/c1-20-13-7-10(4-5-12(13)18)8-16-17-14(19)11-3-2-6-15-9-11/h4-5,7-8,11,15,18H,2-3,6,9H2,1H3,(H,17,19)/b16-8-/t11-/m1/s1. The highest BCUT2D eigenvalue weighted by molar-refractivity contribution is 5.84. The lowest BCUT2D eigenvalue weighted by atomic mass is 9.99. The minimum Gasteiger partial charge on any atom is -0.504 e. The summed E-state index contributed by atoms with van der Waals surface area (Å²) in [6, 6.07) is 4.86. The third-order valence-electron chi connectivity index (χ3n) is 3.26. The Kier molecular flexibility index (Phi) is 4.95. The van der Waals surface area contributed by atoms with E-state index in [1.807, 2.05) is 0 Å². The van der Waals surface area contributed by atoms with Crippen molar-refractivity contribution in [2.75, 3.05) is 20.2 Å². The average molecular weight is 277 g/mol. The van der Waals surface area contributed by atoms with Crippen molar-refractivity contribution in [3.8, 4) is 11.5 Å². The maximum absolute atomic E-state index is 11.8. The van der Waals surface area contributed by atoms with Gasteiger partial charge in [0.1, 0.15) is 0 Å². The molecule has 1 aliphatic rings. The first kappa shape index (κ1) is 14.3. The molecule has 0 unspecified atom stereocenters. The summed E-state index contributed by atoms with van der Waals surface area (Å²) in [6.45, 7) is 1.68. The van der Waals surface area contributed by atoms with E-state index in [2.05, 4.69) is 15.8 Å². The summed E-state index contributed by atoms with van der Waals surface area (Å²) < 4.78 is 5.00. The summed E-state index contributed by atoms with van der Waals surface area (Å²) in [4.78, 5) is 11.8. The molecule has 0 aliphatic carbocycles. The van der Waals surface area contributed by atoms with Crippen LogP contribution in [-0.2, 0) is 4.79 Å². The van der Waals surface area contributed by atoms with Crippen LogP contribution in [0.3, 0.4) is 0 Å². The first-order valence-corrected chi connectivity index (χ1v) is 6.61. The number of carbonyl (C=O) groups is 1. The molecule has 1 aromatic carbocycles. The number of piperidine rings is 1. The topological polar surface area (TPSA) is 83.0 Å². The number of benzene rings is 1. The van der Waals surface area contributed by atoms with Gasteiger partial charge in [0.15, 0.2) is 11.5 Å². The van der Waals surface area contributed by atoms with Gasteiger partial charge < -0.3 is 15.2 Å². The Morgan fingerprint density at radius 2 is 2.45 bits per heavy atom. The monoisotopic (exact) mass is 277 g/mol. The minimum atomic E-state index is -0.0702. The van der Waals surface area contributed by atoms with Crippen molar-refractivity contribution in [1.82, 2.24) is 10.7 Å². The zero-order chi connectivity index (χ0) is 14.4. The van der Waals surface area contributed by atoms with Gasteiger partial charge in [0, 0.05) is 6.54 Å². The second-order valence-corrected chi connectivity index (χ2v) is 4.71. The molecule has 0 spiro atoms. The van der Waals surface area contributed by atoms with Crippen LogP contribution >= 0.6 is 0 Å². The molecule has 1 aliphatic heterocycles. The molecular weight excluding hydrogens is 258 g/mol. The Morgan fingerprint density at radius 3 is 3.15 bits per heavy atom. The van der Waals surface area contributed by atoms with E-state index >= 15 is 0 Å². The van der Waals surface area contributed by atoms with Crippen molar-refractivity contribution in [2.45, 2.75) is 12.8 Å². The Hall–Kier alpha value is -2.08. The lowest BCUT2D eigenvalue weighted by Gasteiger charge is -2.20. The van der Waals surface area contributed by atoms with Crippen LogP contribution in [0.15, 0.2) is 23.3 Å². The third-order valence-corrected chi connectivity index (χ3v) is 3.26. The molecule has 1 amide bonds. The molecule has 0 bridgehead atoms. The van der Waals surface area contributed by atoms with Crippen molar-refractivity contribution in [3.63, 3.8) is 0 Å². The number of ether oxygens (including phenoxy) is 1. The number of hydrogen-bond acceptors (Lipinski definition) is 5. The Labute approximate surface area is 117 Å². The number of rotatable bonds is 4. The molecule has 6 heteroatoms. The van der Waals surface area contributed by atoms with Crippen molar-refractivity contribution in [1.29, 1.82) is 0 Å². The molecule has 3 N–H and O–H groups in total. The summed E-state index contributed by atoms with van der Waals surface area (Å²) in [6.07, 6.45) is 3.43. The van der Waals surface area contributed by atoms with Gasteiger partial charge in [-0.3, -0.25) is 4.79 Å². The summed E-state index contributed by atoms with van der Waals surface area (Å²) in [5.74, 6) is 0.355. The predicted octanol–water partition coefficient (Wildman–Crippen LogP) is 0.850. The number of hydrogen-bond donors (Lipinski definition) is 3. The molecule has 108 valence electrons. The van der Waals surface area contributed by atoms with Gasteiger partial charge in [0.25, 0.3) is 0 Å². The zero-order valence-electron chi connectivity index (χ0n) is 11.4. The van der Waals surface area contributed by atoms with E-state index in [1.54, 1.807) is 12.1 Å². The van der Waals surface area contributed by atoms with Crippen LogP contribution < -0.4 is 15.5 Å². The van der Waals surface area contributed by atoms with Crippen LogP contribution in [-0.4, -0.2) is 37.4 Å². The van der Waals surface area contributed by atoms with Gasteiger partial charge in [0.05, 0.1) is 19.2 Å². The quantitative estimate of drug-likeness (QED) is 0.563. The number of aromatic hydroxyl groups is 1. The number of nitrogens with one attached hydrogen (secondary N) is 2. The Morgan fingerprint density at radius 1 is 1.60 bits per heavy atom. The molecule has 0 radical (unpaired) electrons. The maximum atomic E-state index is 11.8. The number of nitrogens with zero attached hydrogens (tertiary/aromatic N) is 1. The predicted molar refractivity (Wildman–Crippen MR) is 76.0 cm³/mol. The smallest absolute Gasteiger partial charge is 0.244 e. The largest absolute Gasteiger partial charge is 0.504 e. The Balaban J connectivity index is 1.90. The molecule has 2 rings (SSSR count). The average Bonchev–Trinajstić information content (AvgIpc) is 2.49. The molecule has 20 heavy (non-hydrogen) atoms. The molecule has 1 heterocycles. The normalized spacial score (nSPS) is 18.9. The summed E-state index contributed by atoms with van der Waals surface area (Å²) in [5, 5.41) is 16.6. The van der Waals surface area contributed by atoms with Crippen LogP contribution in [0.4, 0.5) is 0 Å². The number of methoxy groups -OCH3 is 1. The lowest BCUT2D eigenvalue weighted by molar-refractivity contribution is -0.125. The van der Waals surface area contributed by atoms with Crippen molar-refractivity contribution >= 4 is 12.1 Å². The molecule has 1 aromatic rings. The number of hydrazone groups is 1. The van der Waals surface area contributed by atoms with Crippen molar-refractivity contribution < 1.29 is 14.6 Å². The molecule has 0 aromatic heterocycles.